The predicted molar refractivity (Wildman–Crippen MR) is 487 cm³/mol. The van der Waals surface area contributed by atoms with Gasteiger partial charge in [-0.1, -0.05) is 90.0 Å². The number of likely N-dealkylation sites (tertiary alicyclic amines) is 1. The van der Waals surface area contributed by atoms with E-state index in [0.717, 1.165) is 74.5 Å². The number of carbonyl (C=O) groups excluding carboxylic acids is 7. The van der Waals surface area contributed by atoms with Crippen molar-refractivity contribution in [1.82, 2.24) is 66.5 Å². The summed E-state index contributed by atoms with van der Waals surface area (Å²) in [5.41, 5.74) is -0.859. The number of allylic oxidation sites excluding steroid dienone is 2. The number of urea groups is 2. The maximum Gasteiger partial charge on any atom is 0.330 e. The maximum absolute atomic E-state index is 15.0. The van der Waals surface area contributed by atoms with Crippen molar-refractivity contribution >= 4 is 118 Å². The number of pyridine rings is 2. The quantitative estimate of drug-likeness (QED) is 0.0282. The van der Waals surface area contributed by atoms with E-state index in [2.05, 4.69) is 42.5 Å². The smallest absolute Gasteiger partial charge is 0.330 e. The zero-order valence-corrected chi connectivity index (χ0v) is 77.3. The summed E-state index contributed by atoms with van der Waals surface area (Å²) in [6, 6.07) is 8.93. The van der Waals surface area contributed by atoms with E-state index in [1.165, 1.54) is 32.5 Å². The Labute approximate surface area is 750 Å². The molecule has 6 aromatic rings. The van der Waals surface area contributed by atoms with Crippen LogP contribution >= 0.6 is 22.7 Å². The third-order valence-corrected chi connectivity index (χ3v) is 29.9. The number of benzene rings is 2. The standard InChI is InChI=1S/C46H62N8O8S.C46H63N7O9S2/c1-27(2)47-44-50-35(26-63-44)34-22-37(31-18-17-29(61-6)20-33(31)48-34)62-30-21-36-40(56)52-46(42(58)59)23-28(46)14-10-8-7-9-11-15-32(41(57)54(36)24-30)49-43(60)51-38(45(3,4)5)25-53-19-13-12-16-39(53)55;1-28(2)47-43-50-36(26-63-43)35-23-38(32-18-17-30(61-6)21-34(32)48-35)62-31-22-37-39(54)51-46(41(56)57)24-29(46)15-11-8-7-9-12-16-33(40(55)53(37)25-31)49-42(58)52-45(19-13-10-14-20-45)27-64(59,60)44(3,4)5/h10,14,17-18,20,22,26-28,30,32,36,38H,7-9,11-13,15-16,19,21,23-25H2,1-6H3,(H,47,50)(H,52,56)(H,58,59)(H2,49,51,60);11,15,17-18,21,23,26,28-29,31,33,37H,7-10,12-14,16,19-20,22,24-25,27H2,1-6H3,(H,47,50)(H,51,54)(H,56,57)(H2,49,52,58)/b14-10-;15-11-/t28?,30-,32+,36+,38-,46-;29?,31-,33+,37+,46-/m11/s1. The van der Waals surface area contributed by atoms with Gasteiger partial charge in [0.15, 0.2) is 20.1 Å². The number of ether oxygens (including phenoxy) is 4. The van der Waals surface area contributed by atoms with Crippen molar-refractivity contribution < 1.29 is 80.7 Å². The summed E-state index contributed by atoms with van der Waals surface area (Å²) < 4.78 is 50.6. The molecule has 35 heteroatoms. The zero-order valence-electron chi connectivity index (χ0n) is 74.9. The Morgan fingerprint density at radius 2 is 1.06 bits per heavy atom. The molecule has 0 bridgehead atoms. The number of aromatic nitrogens is 4. The predicted octanol–water partition coefficient (Wildman–Crippen LogP) is 12.7. The first-order chi connectivity index (χ1) is 60.4. The normalized spacial score (nSPS) is 25.7. The summed E-state index contributed by atoms with van der Waals surface area (Å²) in [5.74, 6) is -3.30. The molecule has 3 saturated heterocycles. The number of carbonyl (C=O) groups is 9. The Kier molecular flexibility index (Phi) is 29.4. The number of fused-ring (bicyclic) bond motifs is 6. The lowest BCUT2D eigenvalue weighted by Crippen LogP contribution is -2.61. The van der Waals surface area contributed by atoms with Crippen LogP contribution in [-0.4, -0.2) is 229 Å². The number of carboxylic acids is 2. The number of aliphatic carboxylic acids is 2. The van der Waals surface area contributed by atoms with Gasteiger partial charge in [-0.25, -0.2) is 47.5 Å². The lowest BCUT2D eigenvalue weighted by molar-refractivity contribution is -0.146. The fourth-order valence-corrected chi connectivity index (χ4v) is 21.1. The van der Waals surface area contributed by atoms with Crippen LogP contribution in [0, 0.1) is 17.3 Å². The molecule has 2 unspecified atom stereocenters. The van der Waals surface area contributed by atoms with Crippen molar-refractivity contribution in [2.45, 2.75) is 286 Å². The topological polar surface area (TPSA) is 423 Å². The average molecular weight is 1810 g/mol. The fourth-order valence-electron chi connectivity index (χ4n) is 17.8. The summed E-state index contributed by atoms with van der Waals surface area (Å²) in [4.78, 5) is 149. The number of carboxylic acid groups (broad SMARTS) is 2. The Balaban J connectivity index is 0.000000217. The van der Waals surface area contributed by atoms with E-state index in [-0.39, 0.29) is 74.9 Å². The molecule has 127 heavy (non-hydrogen) atoms. The summed E-state index contributed by atoms with van der Waals surface area (Å²) in [5, 5.41) is 51.7. The van der Waals surface area contributed by atoms with Gasteiger partial charge in [-0.2, -0.15) is 0 Å². The number of methoxy groups -OCH3 is 2. The number of amides is 9. The second kappa shape index (κ2) is 39.7. The molecule has 14 rings (SSSR count). The number of rotatable bonds is 22. The van der Waals surface area contributed by atoms with Crippen LogP contribution in [0.15, 0.2) is 83.6 Å². The molecule has 10 N–H and O–H groups in total. The summed E-state index contributed by atoms with van der Waals surface area (Å²) in [7, 11) is -0.475. The molecule has 0 spiro atoms. The first-order valence-corrected chi connectivity index (χ1v) is 48.2. The van der Waals surface area contributed by atoms with Crippen molar-refractivity contribution in [2.24, 2.45) is 17.3 Å². The van der Waals surface area contributed by atoms with E-state index >= 15 is 0 Å². The van der Waals surface area contributed by atoms with E-state index in [4.69, 9.17) is 38.9 Å². The van der Waals surface area contributed by atoms with Crippen molar-refractivity contribution in [1.29, 1.82) is 0 Å². The van der Waals surface area contributed by atoms with Crippen LogP contribution in [0.1, 0.15) is 210 Å². The number of anilines is 2. The molecule has 3 saturated carbocycles. The van der Waals surface area contributed by atoms with E-state index < -0.39 is 133 Å². The van der Waals surface area contributed by atoms with Gasteiger partial charge in [-0.3, -0.25) is 24.0 Å². The zero-order chi connectivity index (χ0) is 91.1. The van der Waals surface area contributed by atoms with Gasteiger partial charge in [0.2, 0.25) is 29.5 Å². The highest BCUT2D eigenvalue weighted by molar-refractivity contribution is 7.92. The molecule has 4 aromatic heterocycles. The number of nitrogens with zero attached hydrogens (tertiary/aromatic N) is 7. The summed E-state index contributed by atoms with van der Waals surface area (Å²) in [6.45, 7) is 20.0. The molecular formula is C92H125N15O17S3. The van der Waals surface area contributed by atoms with Crippen LogP contribution in [-0.2, 0) is 43.4 Å². The number of hydrogen-bond acceptors (Lipinski definition) is 23. The van der Waals surface area contributed by atoms with Gasteiger partial charge in [0.05, 0.1) is 71.8 Å². The van der Waals surface area contributed by atoms with Crippen LogP contribution in [0.4, 0.5) is 19.9 Å². The molecule has 9 heterocycles. The Morgan fingerprint density at radius 1 is 0.591 bits per heavy atom. The van der Waals surface area contributed by atoms with Crippen LogP contribution in [0.2, 0.25) is 0 Å². The van der Waals surface area contributed by atoms with Gasteiger partial charge >= 0.3 is 24.0 Å². The molecule has 0 radical (unpaired) electrons. The summed E-state index contributed by atoms with van der Waals surface area (Å²) in [6.07, 6.45) is 18.8. The van der Waals surface area contributed by atoms with E-state index in [9.17, 15) is 61.8 Å². The molecule has 9 amide bonds. The molecule has 5 aliphatic heterocycles. The molecule has 32 nitrogen and oxygen atoms in total. The van der Waals surface area contributed by atoms with Crippen molar-refractivity contribution in [3.8, 4) is 45.8 Å². The lowest BCUT2D eigenvalue weighted by Gasteiger charge is -2.40. The van der Waals surface area contributed by atoms with E-state index in [1.807, 2.05) is 102 Å². The minimum Gasteiger partial charge on any atom is -0.497 e. The lowest BCUT2D eigenvalue weighted by atomic mass is 9.83. The molecule has 2 aromatic carbocycles. The molecule has 688 valence electrons. The molecule has 8 aliphatic rings. The number of sulfone groups is 1. The van der Waals surface area contributed by atoms with Gasteiger partial charge in [0.25, 0.3) is 0 Å². The van der Waals surface area contributed by atoms with Gasteiger partial charge in [-0.15, -0.1) is 22.7 Å². The minimum atomic E-state index is -3.62. The Bertz CT molecular complexity index is 5230. The van der Waals surface area contributed by atoms with Crippen LogP contribution in [0.3, 0.4) is 0 Å². The number of thiazole rings is 2. The summed E-state index contributed by atoms with van der Waals surface area (Å²) >= 11 is 2.91. The third kappa shape index (κ3) is 22.6. The SMILES string of the molecule is COc1ccc2c(O[C@@H]3C[C@H]4C(=O)N[C@]5(C(=O)O)CC5/C=C\CCCCC[C@H](NC(=O)NC5(CS(=O)(=O)C(C)(C)C)CCCCC5)C(=O)N4C3)cc(-c3csc(NC(C)C)n3)nc2c1.COc1ccc2c(O[C@@H]3C[C@H]4C(=O)N[C@]5(C(=O)O)CC5/C=C\CCCCC[C@H](NC(=O)N[C@H](CN5CCCCC5=O)C(C)(C)C)C(=O)N4C3)cc(-c3csc(NC(C)C)n3)nc2c1. The fraction of sp³-hybridized carbons (Fsp3) is 0.598. The van der Waals surface area contributed by atoms with Crippen molar-refractivity contribution in [2.75, 3.05) is 56.8 Å². The first-order valence-electron chi connectivity index (χ1n) is 44.8. The number of piperidine rings is 1. The molecule has 6 fully saturated rings. The van der Waals surface area contributed by atoms with E-state index in [0.29, 0.717) is 126 Å². The van der Waals surface area contributed by atoms with Gasteiger partial charge in [0.1, 0.15) is 81.8 Å². The molecule has 3 aliphatic carbocycles. The van der Waals surface area contributed by atoms with Gasteiger partial charge in [-0.05, 0) is 155 Å². The molecule has 11 atom stereocenters. The highest BCUT2D eigenvalue weighted by atomic mass is 32.2. The van der Waals surface area contributed by atoms with Crippen molar-refractivity contribution in [3.05, 3.63) is 83.6 Å². The van der Waals surface area contributed by atoms with Gasteiger partial charge < -0.3 is 86.4 Å². The largest absolute Gasteiger partial charge is 0.497 e. The number of nitrogens with one attached hydrogen (secondary N) is 8. The Morgan fingerprint density at radius 3 is 1.49 bits per heavy atom. The van der Waals surface area contributed by atoms with Crippen molar-refractivity contribution in [3.63, 3.8) is 0 Å². The number of hydrogen-bond donors (Lipinski definition) is 10. The average Bonchev–Trinajstić information content (AvgIpc) is 1.59. The van der Waals surface area contributed by atoms with Crippen LogP contribution in [0.25, 0.3) is 44.6 Å². The third-order valence-electron chi connectivity index (χ3n) is 25.5. The van der Waals surface area contributed by atoms with Gasteiger partial charge in [0, 0.05) is 102 Å². The monoisotopic (exact) mass is 1810 g/mol. The highest BCUT2D eigenvalue weighted by Gasteiger charge is 2.63. The second-order valence-electron chi connectivity index (χ2n) is 37.9. The van der Waals surface area contributed by atoms with Crippen LogP contribution in [0.5, 0.6) is 23.0 Å². The second-order valence-corrected chi connectivity index (χ2v) is 42.4. The first kappa shape index (κ1) is 94.2. The minimum absolute atomic E-state index is 0.00370. The maximum atomic E-state index is 15.0. The molecular weight excluding hydrogens is 1680 g/mol. The highest BCUT2D eigenvalue weighted by Crippen LogP contribution is 2.48. The van der Waals surface area contributed by atoms with E-state index in [1.54, 1.807) is 70.2 Å². The Hall–Kier alpha value is -10.4. The van der Waals surface area contributed by atoms with Crippen LogP contribution < -0.4 is 61.5 Å².